The molecule has 1 heterocycles. The molecule has 7 heteroatoms. The molecule has 0 saturated carbocycles. The van der Waals surface area contributed by atoms with Crippen LogP contribution in [0.5, 0.6) is 0 Å². The molecule has 0 amide bonds. The summed E-state index contributed by atoms with van der Waals surface area (Å²) in [7, 11) is 0. The summed E-state index contributed by atoms with van der Waals surface area (Å²) >= 11 is 0. The number of rotatable bonds is 6. The van der Waals surface area contributed by atoms with Gasteiger partial charge in [0.2, 0.25) is 0 Å². The maximum absolute atomic E-state index is 12.5. The minimum Gasteiger partial charge on any atom is -0.313 e. The molecule has 4 nitrogen and oxygen atoms in total. The number of halogens is 3. The van der Waals surface area contributed by atoms with Gasteiger partial charge in [-0.2, -0.15) is 13.2 Å². The van der Waals surface area contributed by atoms with Crippen LogP contribution in [0.1, 0.15) is 17.5 Å². The van der Waals surface area contributed by atoms with Crippen molar-refractivity contribution in [3.05, 3.63) is 47.8 Å². The zero-order chi connectivity index (χ0) is 14.4. The number of aromatic nitrogens is 3. The van der Waals surface area contributed by atoms with Crippen LogP contribution in [0.25, 0.3) is 0 Å². The quantitative estimate of drug-likeness (QED) is 0.829. The van der Waals surface area contributed by atoms with Crippen molar-refractivity contribution in [2.45, 2.75) is 25.7 Å². The standard InChI is InChI=1S/C13H15F3N4/c14-13(15,16)12-4-1-3-11(9-12)10-17-5-2-7-20-8-6-18-19-20/h1,3-4,6,8-9,17H,2,5,7,10H2. The first-order chi connectivity index (χ1) is 9.55. The van der Waals surface area contributed by atoms with Crippen molar-refractivity contribution in [3.8, 4) is 0 Å². The Hall–Kier alpha value is -1.89. The predicted octanol–water partition coefficient (Wildman–Crippen LogP) is 2.48. The van der Waals surface area contributed by atoms with Gasteiger partial charge in [0, 0.05) is 19.3 Å². The zero-order valence-electron chi connectivity index (χ0n) is 10.8. The Balaban J connectivity index is 1.74. The minimum atomic E-state index is -4.29. The molecule has 20 heavy (non-hydrogen) atoms. The zero-order valence-corrected chi connectivity index (χ0v) is 10.8. The monoisotopic (exact) mass is 284 g/mol. The van der Waals surface area contributed by atoms with E-state index in [2.05, 4.69) is 15.6 Å². The summed E-state index contributed by atoms with van der Waals surface area (Å²) in [4.78, 5) is 0. The molecule has 0 spiro atoms. The van der Waals surface area contributed by atoms with Gasteiger partial charge >= 0.3 is 6.18 Å². The van der Waals surface area contributed by atoms with Gasteiger partial charge in [-0.1, -0.05) is 23.4 Å². The Bertz CT molecular complexity index is 523. The minimum absolute atomic E-state index is 0.418. The van der Waals surface area contributed by atoms with Crippen LogP contribution in [0, 0.1) is 0 Å². The van der Waals surface area contributed by atoms with Gasteiger partial charge in [-0.15, -0.1) is 5.10 Å². The average molecular weight is 284 g/mol. The van der Waals surface area contributed by atoms with E-state index in [0.717, 1.165) is 19.0 Å². The van der Waals surface area contributed by atoms with E-state index < -0.39 is 11.7 Å². The largest absolute Gasteiger partial charge is 0.416 e. The van der Waals surface area contributed by atoms with Gasteiger partial charge in [-0.25, -0.2) is 0 Å². The van der Waals surface area contributed by atoms with Crippen LogP contribution in [-0.4, -0.2) is 21.5 Å². The number of nitrogens with zero attached hydrogens (tertiary/aromatic N) is 3. The van der Waals surface area contributed by atoms with Crippen molar-refractivity contribution in [1.29, 1.82) is 0 Å². The van der Waals surface area contributed by atoms with E-state index >= 15 is 0 Å². The van der Waals surface area contributed by atoms with Crippen molar-refractivity contribution in [2.24, 2.45) is 0 Å². The molecule has 0 bridgehead atoms. The van der Waals surface area contributed by atoms with E-state index in [4.69, 9.17) is 0 Å². The molecule has 0 aliphatic carbocycles. The van der Waals surface area contributed by atoms with Gasteiger partial charge in [-0.05, 0) is 24.6 Å². The molecular weight excluding hydrogens is 269 g/mol. The molecule has 0 saturated heterocycles. The summed E-state index contributed by atoms with van der Waals surface area (Å²) in [6.07, 6.45) is -0.0751. The van der Waals surface area contributed by atoms with E-state index in [1.807, 2.05) is 0 Å². The second-order valence-corrected chi connectivity index (χ2v) is 4.39. The first-order valence-electron chi connectivity index (χ1n) is 6.26. The average Bonchev–Trinajstić information content (AvgIpc) is 2.91. The van der Waals surface area contributed by atoms with E-state index in [-0.39, 0.29) is 0 Å². The van der Waals surface area contributed by atoms with Crippen LogP contribution in [0.4, 0.5) is 13.2 Å². The molecule has 0 aliphatic rings. The number of hydrogen-bond donors (Lipinski definition) is 1. The summed E-state index contributed by atoms with van der Waals surface area (Å²) in [5, 5.41) is 10.6. The summed E-state index contributed by atoms with van der Waals surface area (Å²) in [5.41, 5.74) is 0.0139. The SMILES string of the molecule is FC(F)(F)c1cccc(CNCCCn2ccnn2)c1. The van der Waals surface area contributed by atoms with Crippen molar-refractivity contribution < 1.29 is 13.2 Å². The lowest BCUT2D eigenvalue weighted by atomic mass is 10.1. The molecule has 108 valence electrons. The normalized spacial score (nSPS) is 11.8. The molecule has 2 rings (SSSR count). The maximum atomic E-state index is 12.5. The van der Waals surface area contributed by atoms with Crippen LogP contribution in [-0.2, 0) is 19.3 Å². The third-order valence-electron chi connectivity index (χ3n) is 2.80. The Morgan fingerprint density at radius 3 is 2.80 bits per heavy atom. The predicted molar refractivity (Wildman–Crippen MR) is 67.8 cm³/mol. The second-order valence-electron chi connectivity index (χ2n) is 4.39. The number of aryl methyl sites for hydroxylation is 1. The van der Waals surface area contributed by atoms with Gasteiger partial charge in [-0.3, -0.25) is 4.68 Å². The lowest BCUT2D eigenvalue weighted by Gasteiger charge is -2.09. The molecule has 1 aromatic heterocycles. The van der Waals surface area contributed by atoms with E-state index in [0.29, 0.717) is 18.7 Å². The van der Waals surface area contributed by atoms with Crippen LogP contribution in [0.3, 0.4) is 0 Å². The number of hydrogen-bond acceptors (Lipinski definition) is 3. The highest BCUT2D eigenvalue weighted by Gasteiger charge is 2.30. The van der Waals surface area contributed by atoms with Crippen molar-refractivity contribution >= 4 is 0 Å². The third-order valence-corrected chi connectivity index (χ3v) is 2.80. The Morgan fingerprint density at radius 1 is 1.25 bits per heavy atom. The van der Waals surface area contributed by atoms with Gasteiger partial charge in [0.05, 0.1) is 11.8 Å². The second kappa shape index (κ2) is 6.51. The molecule has 0 radical (unpaired) electrons. The summed E-state index contributed by atoms with van der Waals surface area (Å²) in [6.45, 7) is 1.85. The molecule has 1 N–H and O–H groups in total. The first kappa shape index (κ1) is 14.5. The number of nitrogens with one attached hydrogen (secondary N) is 1. The first-order valence-corrected chi connectivity index (χ1v) is 6.26. The lowest BCUT2D eigenvalue weighted by Crippen LogP contribution is -2.17. The summed E-state index contributed by atoms with van der Waals surface area (Å²) < 4.78 is 39.3. The van der Waals surface area contributed by atoms with Crippen LogP contribution >= 0.6 is 0 Å². The van der Waals surface area contributed by atoms with E-state index in [1.54, 1.807) is 23.1 Å². The van der Waals surface area contributed by atoms with Gasteiger partial charge in [0.1, 0.15) is 0 Å². The van der Waals surface area contributed by atoms with Crippen molar-refractivity contribution in [1.82, 2.24) is 20.3 Å². The topological polar surface area (TPSA) is 42.7 Å². The van der Waals surface area contributed by atoms with E-state index in [1.165, 1.54) is 12.1 Å². The highest BCUT2D eigenvalue weighted by Crippen LogP contribution is 2.29. The Kier molecular flexibility index (Phi) is 4.73. The molecule has 0 atom stereocenters. The Labute approximate surface area is 114 Å². The van der Waals surface area contributed by atoms with Crippen LogP contribution in [0.2, 0.25) is 0 Å². The van der Waals surface area contributed by atoms with Crippen LogP contribution < -0.4 is 5.32 Å². The highest BCUT2D eigenvalue weighted by atomic mass is 19.4. The number of benzene rings is 1. The third kappa shape index (κ3) is 4.34. The molecule has 0 aliphatic heterocycles. The van der Waals surface area contributed by atoms with Crippen LogP contribution in [0.15, 0.2) is 36.7 Å². The van der Waals surface area contributed by atoms with Gasteiger partial charge < -0.3 is 5.32 Å². The number of alkyl halides is 3. The fourth-order valence-electron chi connectivity index (χ4n) is 1.81. The van der Waals surface area contributed by atoms with E-state index in [9.17, 15) is 13.2 Å². The van der Waals surface area contributed by atoms with Crippen molar-refractivity contribution in [2.75, 3.05) is 6.54 Å². The van der Waals surface area contributed by atoms with Gasteiger partial charge in [0.15, 0.2) is 0 Å². The smallest absolute Gasteiger partial charge is 0.313 e. The molecular formula is C13H15F3N4. The molecule has 2 aromatic rings. The Morgan fingerprint density at radius 2 is 2.10 bits per heavy atom. The summed E-state index contributed by atoms with van der Waals surface area (Å²) in [6, 6.07) is 5.35. The van der Waals surface area contributed by atoms with Crippen molar-refractivity contribution in [3.63, 3.8) is 0 Å². The molecule has 0 fully saturated rings. The highest BCUT2D eigenvalue weighted by molar-refractivity contribution is 5.25. The molecule has 1 aromatic carbocycles. The molecule has 0 unspecified atom stereocenters. The fourth-order valence-corrected chi connectivity index (χ4v) is 1.81. The maximum Gasteiger partial charge on any atom is 0.416 e. The fraction of sp³-hybridized carbons (Fsp3) is 0.385. The summed E-state index contributed by atoms with van der Waals surface area (Å²) in [5.74, 6) is 0. The van der Waals surface area contributed by atoms with Gasteiger partial charge in [0.25, 0.3) is 0 Å². The lowest BCUT2D eigenvalue weighted by molar-refractivity contribution is -0.137.